The van der Waals surface area contributed by atoms with Crippen LogP contribution in [-0.2, 0) is 19.5 Å². The van der Waals surface area contributed by atoms with Gasteiger partial charge < -0.3 is 14.8 Å². The van der Waals surface area contributed by atoms with E-state index >= 15 is 0 Å². The third-order valence-electron chi connectivity index (χ3n) is 2.74. The van der Waals surface area contributed by atoms with Crippen LogP contribution in [0.4, 0.5) is 0 Å². The van der Waals surface area contributed by atoms with Crippen LogP contribution in [0, 0.1) is 0 Å². The zero-order valence-electron chi connectivity index (χ0n) is 9.78. The highest BCUT2D eigenvalue weighted by Gasteiger charge is 2.35. The van der Waals surface area contributed by atoms with Gasteiger partial charge in [-0.15, -0.1) is 0 Å². The molecule has 1 aliphatic rings. The second-order valence-corrected chi connectivity index (χ2v) is 5.86. The van der Waals surface area contributed by atoms with Gasteiger partial charge in [0.15, 0.2) is 0 Å². The van der Waals surface area contributed by atoms with E-state index < -0.39 is 15.6 Å². The Kier molecular flexibility index (Phi) is 5.13. The van der Waals surface area contributed by atoms with Gasteiger partial charge in [-0.3, -0.25) is 0 Å². The molecule has 1 unspecified atom stereocenters. The van der Waals surface area contributed by atoms with Crippen molar-refractivity contribution >= 4 is 10.0 Å². The molecule has 16 heavy (non-hydrogen) atoms. The second kappa shape index (κ2) is 5.92. The lowest BCUT2D eigenvalue weighted by Gasteiger charge is -2.25. The van der Waals surface area contributed by atoms with Crippen molar-refractivity contribution in [3.8, 4) is 0 Å². The highest BCUT2D eigenvalue weighted by molar-refractivity contribution is 7.89. The highest BCUT2D eigenvalue weighted by Crippen LogP contribution is 2.21. The summed E-state index contributed by atoms with van der Waals surface area (Å²) in [7, 11) is 0.0717. The molecule has 2 N–H and O–H groups in total. The largest absolute Gasteiger partial charge is 0.378 e. The molecule has 0 aromatic carbocycles. The number of sulfonamides is 1. The van der Waals surface area contributed by atoms with Crippen molar-refractivity contribution in [2.24, 2.45) is 0 Å². The predicted molar refractivity (Wildman–Crippen MR) is 60.9 cm³/mol. The smallest absolute Gasteiger partial charge is 0.212 e. The Labute approximate surface area is 96.7 Å². The predicted octanol–water partition coefficient (Wildman–Crippen LogP) is -1.07. The maximum absolute atomic E-state index is 11.6. The zero-order chi connectivity index (χ0) is 12.1. The fourth-order valence-corrected chi connectivity index (χ4v) is 2.61. The van der Waals surface area contributed by atoms with Crippen LogP contribution in [0.15, 0.2) is 0 Å². The van der Waals surface area contributed by atoms with E-state index in [1.807, 2.05) is 0 Å². The summed E-state index contributed by atoms with van der Waals surface area (Å²) in [5.41, 5.74) is -0.493. The molecule has 0 amide bonds. The van der Waals surface area contributed by atoms with E-state index in [0.29, 0.717) is 19.8 Å². The van der Waals surface area contributed by atoms with E-state index in [1.54, 1.807) is 14.2 Å². The standard InChI is InChI=1S/C9H20N2O4S/c1-10-4-6-16(12,13)11-7-9(14-2)3-5-15-8-9/h10-11H,3-8H2,1-2H3. The minimum absolute atomic E-state index is 0.0736. The van der Waals surface area contributed by atoms with Crippen LogP contribution in [0.1, 0.15) is 6.42 Å². The number of nitrogens with one attached hydrogen (secondary N) is 2. The van der Waals surface area contributed by atoms with Crippen molar-refractivity contribution in [2.45, 2.75) is 12.0 Å². The molecule has 1 heterocycles. The molecule has 7 heteroatoms. The topological polar surface area (TPSA) is 76.7 Å². The molecule has 96 valence electrons. The molecule has 0 radical (unpaired) electrons. The molecule has 1 aliphatic heterocycles. The number of rotatable bonds is 7. The van der Waals surface area contributed by atoms with Gasteiger partial charge in [0, 0.05) is 33.2 Å². The summed E-state index contributed by atoms with van der Waals surface area (Å²) < 4.78 is 36.2. The van der Waals surface area contributed by atoms with Gasteiger partial charge in [-0.25, -0.2) is 13.1 Å². The van der Waals surface area contributed by atoms with E-state index in [-0.39, 0.29) is 12.3 Å². The van der Waals surface area contributed by atoms with Gasteiger partial charge in [-0.1, -0.05) is 0 Å². The Hall–Kier alpha value is -0.210. The van der Waals surface area contributed by atoms with Crippen LogP contribution in [0.25, 0.3) is 0 Å². The molecule has 0 aromatic heterocycles. The first kappa shape index (κ1) is 13.9. The van der Waals surface area contributed by atoms with Gasteiger partial charge in [0.2, 0.25) is 10.0 Å². The normalized spacial score (nSPS) is 26.1. The maximum Gasteiger partial charge on any atom is 0.212 e. The van der Waals surface area contributed by atoms with Crippen molar-refractivity contribution in [1.29, 1.82) is 0 Å². The lowest BCUT2D eigenvalue weighted by molar-refractivity contribution is -0.0120. The first-order valence-corrected chi connectivity index (χ1v) is 6.94. The highest BCUT2D eigenvalue weighted by atomic mass is 32.2. The molecular formula is C9H20N2O4S. The lowest BCUT2D eigenvalue weighted by Crippen LogP contribution is -2.46. The van der Waals surface area contributed by atoms with Crippen LogP contribution in [-0.4, -0.2) is 60.2 Å². The third kappa shape index (κ3) is 3.99. The van der Waals surface area contributed by atoms with Crippen LogP contribution in [0.5, 0.6) is 0 Å². The summed E-state index contributed by atoms with van der Waals surface area (Å²) in [6, 6.07) is 0. The molecule has 1 fully saturated rings. The summed E-state index contributed by atoms with van der Waals surface area (Å²) in [5, 5.41) is 2.80. The summed E-state index contributed by atoms with van der Waals surface area (Å²) in [4.78, 5) is 0. The first-order chi connectivity index (χ1) is 7.54. The van der Waals surface area contributed by atoms with E-state index in [9.17, 15) is 8.42 Å². The van der Waals surface area contributed by atoms with Gasteiger partial charge in [0.1, 0.15) is 5.60 Å². The molecule has 0 bridgehead atoms. The molecule has 1 saturated heterocycles. The molecular weight excluding hydrogens is 232 g/mol. The number of methoxy groups -OCH3 is 1. The van der Waals surface area contributed by atoms with Crippen LogP contribution >= 0.6 is 0 Å². The Bertz CT molecular complexity index is 299. The molecule has 1 rings (SSSR count). The molecule has 0 aromatic rings. The van der Waals surface area contributed by atoms with Gasteiger partial charge in [0.05, 0.1) is 12.4 Å². The number of ether oxygens (including phenoxy) is 2. The summed E-state index contributed by atoms with van der Waals surface area (Å²) >= 11 is 0. The molecule has 0 aliphatic carbocycles. The van der Waals surface area contributed by atoms with Gasteiger partial charge in [-0.05, 0) is 7.05 Å². The van der Waals surface area contributed by atoms with Crippen molar-refractivity contribution in [1.82, 2.24) is 10.0 Å². The number of hydrogen-bond donors (Lipinski definition) is 2. The van der Waals surface area contributed by atoms with Gasteiger partial charge >= 0.3 is 0 Å². The first-order valence-electron chi connectivity index (χ1n) is 5.28. The van der Waals surface area contributed by atoms with E-state index in [0.717, 1.165) is 6.42 Å². The summed E-state index contributed by atoms with van der Waals surface area (Å²) in [6.45, 7) is 1.77. The Balaban J connectivity index is 2.43. The average molecular weight is 252 g/mol. The minimum Gasteiger partial charge on any atom is -0.378 e. The molecule has 0 saturated carbocycles. The van der Waals surface area contributed by atoms with E-state index in [1.165, 1.54) is 0 Å². The fourth-order valence-electron chi connectivity index (χ4n) is 1.51. The van der Waals surface area contributed by atoms with Crippen molar-refractivity contribution < 1.29 is 17.9 Å². The maximum atomic E-state index is 11.6. The average Bonchev–Trinajstić information content (AvgIpc) is 2.74. The Morgan fingerprint density at radius 1 is 1.50 bits per heavy atom. The summed E-state index contributed by atoms with van der Waals surface area (Å²) in [6.07, 6.45) is 0.720. The van der Waals surface area contributed by atoms with Crippen molar-refractivity contribution in [3.63, 3.8) is 0 Å². The van der Waals surface area contributed by atoms with Gasteiger partial charge in [0.25, 0.3) is 0 Å². The minimum atomic E-state index is -3.23. The molecule has 0 spiro atoms. The Morgan fingerprint density at radius 2 is 2.25 bits per heavy atom. The number of hydrogen-bond acceptors (Lipinski definition) is 5. The van der Waals surface area contributed by atoms with Crippen molar-refractivity contribution in [2.75, 3.05) is 46.2 Å². The zero-order valence-corrected chi connectivity index (χ0v) is 10.6. The van der Waals surface area contributed by atoms with Crippen LogP contribution in [0.2, 0.25) is 0 Å². The van der Waals surface area contributed by atoms with Crippen molar-refractivity contribution in [3.05, 3.63) is 0 Å². The second-order valence-electron chi connectivity index (χ2n) is 3.93. The SMILES string of the molecule is CNCCS(=O)(=O)NCC1(OC)CCOC1. The van der Waals surface area contributed by atoms with Gasteiger partial charge in [-0.2, -0.15) is 0 Å². The van der Waals surface area contributed by atoms with E-state index in [2.05, 4.69) is 10.0 Å². The molecule has 1 atom stereocenters. The lowest BCUT2D eigenvalue weighted by atomic mass is 10.0. The van der Waals surface area contributed by atoms with E-state index in [4.69, 9.17) is 9.47 Å². The Morgan fingerprint density at radius 3 is 2.75 bits per heavy atom. The molecule has 6 nitrogen and oxygen atoms in total. The summed E-state index contributed by atoms with van der Waals surface area (Å²) in [5.74, 6) is 0.0736. The quantitative estimate of drug-likeness (QED) is 0.603. The third-order valence-corrected chi connectivity index (χ3v) is 4.06. The van der Waals surface area contributed by atoms with Crippen LogP contribution < -0.4 is 10.0 Å². The van der Waals surface area contributed by atoms with Crippen LogP contribution in [0.3, 0.4) is 0 Å². The monoisotopic (exact) mass is 252 g/mol. The fraction of sp³-hybridized carbons (Fsp3) is 1.00.